The summed E-state index contributed by atoms with van der Waals surface area (Å²) in [5.41, 5.74) is 6.39. The Balaban J connectivity index is 2.34. The Bertz CT molecular complexity index is 517. The lowest BCUT2D eigenvalue weighted by atomic mass is 9.95. The predicted octanol–water partition coefficient (Wildman–Crippen LogP) is 2.56. The largest absolute Gasteiger partial charge is 0.399 e. The minimum Gasteiger partial charge on any atom is -0.399 e. The summed E-state index contributed by atoms with van der Waals surface area (Å²) in [5, 5.41) is 0. The van der Waals surface area contributed by atoms with Crippen LogP contribution in [0.3, 0.4) is 0 Å². The van der Waals surface area contributed by atoms with Gasteiger partial charge in [0.1, 0.15) is 9.92 Å². The van der Waals surface area contributed by atoms with Crippen molar-refractivity contribution in [1.29, 1.82) is 0 Å². The van der Waals surface area contributed by atoms with Gasteiger partial charge in [0.15, 0.2) is 0 Å². The van der Waals surface area contributed by atoms with Crippen molar-refractivity contribution < 1.29 is 4.21 Å². The Labute approximate surface area is 109 Å². The van der Waals surface area contributed by atoms with E-state index in [0.29, 0.717) is 17.1 Å². The molecular formula is C13H21N3OS. The summed E-state index contributed by atoms with van der Waals surface area (Å²) in [6, 6.07) is 7.46. The molecule has 0 radical (unpaired) electrons. The minimum absolute atomic E-state index is 0.239. The van der Waals surface area contributed by atoms with Gasteiger partial charge in [0.2, 0.25) is 0 Å². The zero-order valence-corrected chi connectivity index (χ0v) is 11.6. The Morgan fingerprint density at radius 2 is 2.28 bits per heavy atom. The number of rotatable bonds is 5. The summed E-state index contributed by atoms with van der Waals surface area (Å²) >= 11 is 0. The third-order valence-corrected chi connectivity index (χ3v) is 5.18. The van der Waals surface area contributed by atoms with E-state index in [0.717, 1.165) is 19.3 Å². The second kappa shape index (κ2) is 5.71. The molecular weight excluding hydrogens is 246 g/mol. The molecule has 1 saturated carbocycles. The topological polar surface area (TPSA) is 67.5 Å². The third-order valence-electron chi connectivity index (χ3n) is 3.10. The van der Waals surface area contributed by atoms with E-state index < -0.39 is 9.92 Å². The molecule has 0 bridgehead atoms. The molecule has 1 atom stereocenters. The molecule has 2 rings (SSSR count). The van der Waals surface area contributed by atoms with Crippen LogP contribution in [0.15, 0.2) is 33.5 Å². The van der Waals surface area contributed by atoms with E-state index >= 15 is 0 Å². The van der Waals surface area contributed by atoms with Gasteiger partial charge in [-0.15, -0.1) is 0 Å². The summed E-state index contributed by atoms with van der Waals surface area (Å²) in [6.07, 6.45) is 4.22. The molecule has 0 aliphatic heterocycles. The lowest BCUT2D eigenvalue weighted by Gasteiger charge is -2.23. The molecule has 0 amide bonds. The van der Waals surface area contributed by atoms with Crippen molar-refractivity contribution in [3.8, 4) is 0 Å². The number of hydrogen-bond donors (Lipinski definition) is 2. The normalized spacial score (nSPS) is 18.9. The molecule has 18 heavy (non-hydrogen) atoms. The molecule has 3 N–H and O–H groups in total. The average Bonchev–Trinajstić information content (AvgIpc) is 2.31. The van der Waals surface area contributed by atoms with Crippen LogP contribution in [0, 0.1) is 0 Å². The smallest absolute Gasteiger partial charge is 0.137 e. The van der Waals surface area contributed by atoms with E-state index in [1.807, 2.05) is 12.1 Å². The summed E-state index contributed by atoms with van der Waals surface area (Å²) in [5.74, 6) is 0. The maximum atomic E-state index is 13.0. The fourth-order valence-corrected chi connectivity index (χ4v) is 3.84. The average molecular weight is 267 g/mol. The van der Waals surface area contributed by atoms with Crippen molar-refractivity contribution in [1.82, 2.24) is 4.72 Å². The first-order chi connectivity index (χ1) is 8.64. The van der Waals surface area contributed by atoms with Crippen LogP contribution in [0.4, 0.5) is 5.69 Å². The van der Waals surface area contributed by atoms with Crippen LogP contribution < -0.4 is 10.5 Å². The highest BCUT2D eigenvalue weighted by molar-refractivity contribution is 7.91. The minimum atomic E-state index is -2.52. The van der Waals surface area contributed by atoms with Crippen molar-refractivity contribution in [2.24, 2.45) is 4.36 Å². The van der Waals surface area contributed by atoms with E-state index in [1.54, 1.807) is 12.1 Å². The first-order valence-electron chi connectivity index (χ1n) is 6.50. The van der Waals surface area contributed by atoms with Gasteiger partial charge in [-0.2, -0.15) is 0 Å². The van der Waals surface area contributed by atoms with Crippen LogP contribution in [0.2, 0.25) is 0 Å². The standard InChI is InChI=1S/C13H21N3OS/c1-2-9-15-18(17,16-12-6-4-7-12)13-8-3-5-11(14)10-13/h3,5,8,10,12H,2,4,6-7,9,14H2,1H3,(H,15,16,17). The molecule has 5 heteroatoms. The molecule has 4 nitrogen and oxygen atoms in total. The van der Waals surface area contributed by atoms with Crippen molar-refractivity contribution >= 4 is 15.6 Å². The van der Waals surface area contributed by atoms with Crippen LogP contribution in [0.1, 0.15) is 32.6 Å². The van der Waals surface area contributed by atoms with Gasteiger partial charge in [0, 0.05) is 12.2 Å². The van der Waals surface area contributed by atoms with Crippen LogP contribution in [0.25, 0.3) is 0 Å². The highest BCUT2D eigenvalue weighted by Gasteiger charge is 2.21. The Kier molecular flexibility index (Phi) is 4.24. The number of nitrogens with zero attached hydrogens (tertiary/aromatic N) is 1. The second-order valence-corrected chi connectivity index (χ2v) is 6.71. The molecule has 1 aliphatic rings. The Morgan fingerprint density at radius 3 is 2.83 bits per heavy atom. The molecule has 0 saturated heterocycles. The third kappa shape index (κ3) is 3.03. The van der Waals surface area contributed by atoms with E-state index in [-0.39, 0.29) is 6.04 Å². The maximum Gasteiger partial charge on any atom is 0.137 e. The molecule has 1 aromatic carbocycles. The highest BCUT2D eigenvalue weighted by atomic mass is 32.2. The van der Waals surface area contributed by atoms with Crippen molar-refractivity contribution in [3.05, 3.63) is 24.3 Å². The fraction of sp³-hybridized carbons (Fsp3) is 0.538. The Hall–Kier alpha value is -1.07. The lowest BCUT2D eigenvalue weighted by molar-refractivity contribution is 0.421. The van der Waals surface area contributed by atoms with Crippen LogP contribution in [0.5, 0.6) is 0 Å². The zero-order valence-electron chi connectivity index (χ0n) is 10.8. The highest BCUT2D eigenvalue weighted by Crippen LogP contribution is 2.25. The summed E-state index contributed by atoms with van der Waals surface area (Å²) in [6.45, 7) is 2.75. The molecule has 0 aromatic heterocycles. The fourth-order valence-electron chi connectivity index (χ4n) is 1.81. The number of hydrogen-bond acceptors (Lipinski definition) is 3. The maximum absolute atomic E-state index is 13.0. The van der Waals surface area contributed by atoms with Gasteiger partial charge in [-0.3, -0.25) is 0 Å². The monoisotopic (exact) mass is 267 g/mol. The SMILES string of the molecule is CCCNS(=O)(=NC1CCC1)c1cccc(N)c1. The summed E-state index contributed by atoms with van der Waals surface area (Å²) < 4.78 is 20.6. The molecule has 1 fully saturated rings. The molecule has 1 aliphatic carbocycles. The number of anilines is 1. The first kappa shape index (κ1) is 13.4. The van der Waals surface area contributed by atoms with Gasteiger partial charge in [0.05, 0.1) is 10.9 Å². The van der Waals surface area contributed by atoms with Crippen LogP contribution >= 0.6 is 0 Å². The summed E-state index contributed by atoms with van der Waals surface area (Å²) in [7, 11) is -2.52. The van der Waals surface area contributed by atoms with Crippen molar-refractivity contribution in [2.75, 3.05) is 12.3 Å². The second-order valence-electron chi connectivity index (χ2n) is 4.68. The number of nitrogens with two attached hydrogens (primary N) is 1. The molecule has 1 aromatic rings. The number of nitrogen functional groups attached to an aromatic ring is 1. The molecule has 0 spiro atoms. The van der Waals surface area contributed by atoms with E-state index in [4.69, 9.17) is 5.73 Å². The number of nitrogens with one attached hydrogen (secondary N) is 1. The van der Waals surface area contributed by atoms with Crippen LogP contribution in [-0.4, -0.2) is 16.8 Å². The quantitative estimate of drug-likeness (QED) is 0.805. The Morgan fingerprint density at radius 1 is 1.50 bits per heavy atom. The van der Waals surface area contributed by atoms with Gasteiger partial charge >= 0.3 is 0 Å². The van der Waals surface area contributed by atoms with Gasteiger partial charge in [0.25, 0.3) is 0 Å². The van der Waals surface area contributed by atoms with Crippen molar-refractivity contribution in [2.45, 2.75) is 43.5 Å². The first-order valence-corrected chi connectivity index (χ1v) is 8.02. The van der Waals surface area contributed by atoms with E-state index in [1.165, 1.54) is 6.42 Å². The number of benzene rings is 1. The molecule has 1 unspecified atom stereocenters. The molecule has 0 heterocycles. The predicted molar refractivity (Wildman–Crippen MR) is 75.6 cm³/mol. The van der Waals surface area contributed by atoms with E-state index in [9.17, 15) is 4.21 Å². The van der Waals surface area contributed by atoms with Gasteiger partial charge < -0.3 is 5.73 Å². The van der Waals surface area contributed by atoms with Gasteiger partial charge in [-0.25, -0.2) is 13.3 Å². The summed E-state index contributed by atoms with van der Waals surface area (Å²) in [4.78, 5) is 0.697. The molecule has 100 valence electrons. The zero-order chi connectivity index (χ0) is 13.0. The van der Waals surface area contributed by atoms with E-state index in [2.05, 4.69) is 16.0 Å². The van der Waals surface area contributed by atoms with Crippen LogP contribution in [-0.2, 0) is 9.92 Å². The van der Waals surface area contributed by atoms with Gasteiger partial charge in [-0.05, 0) is 43.9 Å². The lowest BCUT2D eigenvalue weighted by Crippen LogP contribution is -2.28. The van der Waals surface area contributed by atoms with Crippen molar-refractivity contribution in [3.63, 3.8) is 0 Å². The van der Waals surface area contributed by atoms with Gasteiger partial charge in [-0.1, -0.05) is 13.0 Å².